The van der Waals surface area contributed by atoms with E-state index in [0.717, 1.165) is 43.8 Å². The zero-order valence-electron chi connectivity index (χ0n) is 13.7. The van der Waals surface area contributed by atoms with E-state index < -0.39 is 11.7 Å². The summed E-state index contributed by atoms with van der Waals surface area (Å²) in [5.41, 5.74) is 1.38. The smallest absolute Gasteiger partial charge is 0.355 e. The molecule has 0 atom stereocenters. The summed E-state index contributed by atoms with van der Waals surface area (Å²) in [5.74, 6) is 0.289. The number of piperidine rings is 1. The fourth-order valence-corrected chi connectivity index (χ4v) is 2.66. The minimum Gasteiger partial charge on any atom is -0.355 e. The van der Waals surface area contributed by atoms with Crippen molar-refractivity contribution in [2.75, 3.05) is 18.4 Å². The molecule has 2 rings (SSSR count). The van der Waals surface area contributed by atoms with Crippen LogP contribution in [0.4, 0.5) is 18.9 Å². The van der Waals surface area contributed by atoms with Crippen molar-refractivity contribution in [3.05, 3.63) is 54.4 Å². The molecule has 0 radical (unpaired) electrons. The minimum atomic E-state index is -4.33. The van der Waals surface area contributed by atoms with Crippen LogP contribution in [0.2, 0.25) is 0 Å². The number of nitrogens with zero attached hydrogens (tertiary/aromatic N) is 1. The van der Waals surface area contributed by atoms with Gasteiger partial charge in [-0.3, -0.25) is 4.99 Å². The van der Waals surface area contributed by atoms with Crippen LogP contribution in [0.1, 0.15) is 25.3 Å². The highest BCUT2D eigenvalue weighted by Crippen LogP contribution is 2.30. The third-order valence-corrected chi connectivity index (χ3v) is 3.91. The van der Waals surface area contributed by atoms with Crippen LogP contribution < -0.4 is 10.6 Å². The molecule has 0 unspecified atom stereocenters. The molecule has 2 N–H and O–H groups in total. The lowest BCUT2D eigenvalue weighted by atomic mass is 9.91. The number of rotatable bonds is 5. The van der Waals surface area contributed by atoms with E-state index in [1.807, 2.05) is 13.0 Å². The lowest BCUT2D eigenvalue weighted by molar-refractivity contribution is -0.137. The van der Waals surface area contributed by atoms with E-state index in [1.54, 1.807) is 6.20 Å². The van der Waals surface area contributed by atoms with Gasteiger partial charge in [-0.15, -0.1) is 0 Å². The van der Waals surface area contributed by atoms with Gasteiger partial charge in [-0.2, -0.15) is 13.2 Å². The van der Waals surface area contributed by atoms with Crippen LogP contribution in [0.5, 0.6) is 0 Å². The Hall–Kier alpha value is -2.08. The number of allylic oxidation sites excluding steroid dienone is 2. The van der Waals surface area contributed by atoms with E-state index in [2.05, 4.69) is 22.2 Å². The van der Waals surface area contributed by atoms with Crippen molar-refractivity contribution in [1.82, 2.24) is 5.32 Å². The second kappa shape index (κ2) is 8.15. The maximum absolute atomic E-state index is 12.6. The summed E-state index contributed by atoms with van der Waals surface area (Å²) < 4.78 is 37.9. The third-order valence-electron chi connectivity index (χ3n) is 3.91. The number of hydrogen-bond donors (Lipinski definition) is 2. The van der Waals surface area contributed by atoms with Gasteiger partial charge in [-0.05, 0) is 57.1 Å². The second-order valence-electron chi connectivity index (χ2n) is 5.70. The van der Waals surface area contributed by atoms with Crippen molar-refractivity contribution >= 4 is 11.4 Å². The summed E-state index contributed by atoms with van der Waals surface area (Å²) in [7, 11) is 0. The first-order chi connectivity index (χ1) is 11.4. The van der Waals surface area contributed by atoms with Crippen molar-refractivity contribution in [2.45, 2.75) is 25.9 Å². The summed E-state index contributed by atoms with van der Waals surface area (Å²) in [6, 6.07) is 4.93. The Balaban J connectivity index is 2.12. The molecule has 1 aromatic carbocycles. The van der Waals surface area contributed by atoms with E-state index in [9.17, 15) is 13.2 Å². The molecule has 1 aliphatic rings. The number of nitrogens with one attached hydrogen (secondary N) is 2. The Morgan fingerprint density at radius 2 is 1.88 bits per heavy atom. The quantitative estimate of drug-likeness (QED) is 0.770. The van der Waals surface area contributed by atoms with E-state index in [1.165, 1.54) is 12.1 Å². The van der Waals surface area contributed by atoms with Gasteiger partial charge in [-0.1, -0.05) is 12.7 Å². The van der Waals surface area contributed by atoms with Crippen LogP contribution in [0.15, 0.2) is 53.8 Å². The van der Waals surface area contributed by atoms with Gasteiger partial charge >= 0.3 is 6.18 Å². The molecular formula is C18H22F3N3. The van der Waals surface area contributed by atoms with Crippen LogP contribution in [0.3, 0.4) is 0 Å². The van der Waals surface area contributed by atoms with Crippen LogP contribution in [-0.4, -0.2) is 18.8 Å². The van der Waals surface area contributed by atoms with Gasteiger partial charge in [0.2, 0.25) is 0 Å². The van der Waals surface area contributed by atoms with Gasteiger partial charge < -0.3 is 10.6 Å². The topological polar surface area (TPSA) is 36.4 Å². The molecule has 0 bridgehead atoms. The Bertz CT molecular complexity index is 609. The normalized spacial score (nSPS) is 17.2. The predicted molar refractivity (Wildman–Crippen MR) is 92.0 cm³/mol. The van der Waals surface area contributed by atoms with Crippen molar-refractivity contribution in [1.29, 1.82) is 0 Å². The van der Waals surface area contributed by atoms with Crippen LogP contribution in [-0.2, 0) is 6.18 Å². The fraction of sp³-hybridized carbons (Fsp3) is 0.389. The van der Waals surface area contributed by atoms with E-state index >= 15 is 0 Å². The summed E-state index contributed by atoms with van der Waals surface area (Å²) in [6.07, 6.45) is 1.15. The van der Waals surface area contributed by atoms with Crippen molar-refractivity contribution in [2.24, 2.45) is 10.9 Å². The summed E-state index contributed by atoms with van der Waals surface area (Å²) in [6.45, 7) is 7.76. The fourth-order valence-electron chi connectivity index (χ4n) is 2.66. The van der Waals surface area contributed by atoms with E-state index in [0.29, 0.717) is 11.4 Å². The first kappa shape index (κ1) is 18.3. The molecule has 0 spiro atoms. The monoisotopic (exact) mass is 337 g/mol. The highest BCUT2D eigenvalue weighted by atomic mass is 19.4. The molecule has 24 heavy (non-hydrogen) atoms. The SMILES string of the molecule is C=C(Nc1ccc(C(F)(F)F)cc1)/C(=N\C=C/C)C1CCNCC1. The maximum atomic E-state index is 12.6. The highest BCUT2D eigenvalue weighted by Gasteiger charge is 2.30. The number of hydrogen-bond acceptors (Lipinski definition) is 3. The summed E-state index contributed by atoms with van der Waals surface area (Å²) in [4.78, 5) is 4.49. The standard InChI is InChI=1S/C18H22F3N3/c1-3-10-23-17(14-8-11-22-12-9-14)13(2)24-16-6-4-15(5-7-16)18(19,20)21/h3-7,10,14,22,24H,2,8-9,11-12H2,1H3/b10-3-,23-17+. The Kier molecular flexibility index (Phi) is 6.20. The van der Waals surface area contributed by atoms with Crippen molar-refractivity contribution < 1.29 is 13.2 Å². The molecule has 130 valence electrons. The predicted octanol–water partition coefficient (Wildman–Crippen LogP) is 4.61. The lowest BCUT2D eigenvalue weighted by Crippen LogP contribution is -2.33. The molecule has 0 aromatic heterocycles. The molecule has 3 nitrogen and oxygen atoms in total. The van der Waals surface area contributed by atoms with Crippen LogP contribution >= 0.6 is 0 Å². The molecule has 0 amide bonds. The largest absolute Gasteiger partial charge is 0.416 e. The van der Waals surface area contributed by atoms with Crippen molar-refractivity contribution in [3.63, 3.8) is 0 Å². The number of benzene rings is 1. The zero-order valence-corrected chi connectivity index (χ0v) is 13.7. The molecule has 6 heteroatoms. The van der Waals surface area contributed by atoms with Gasteiger partial charge in [0.25, 0.3) is 0 Å². The Labute approximate surface area is 140 Å². The number of halogens is 3. The Morgan fingerprint density at radius 1 is 1.25 bits per heavy atom. The van der Waals surface area contributed by atoms with Crippen LogP contribution in [0.25, 0.3) is 0 Å². The van der Waals surface area contributed by atoms with Gasteiger partial charge in [0.1, 0.15) is 0 Å². The van der Waals surface area contributed by atoms with Gasteiger partial charge in [0.15, 0.2) is 0 Å². The Morgan fingerprint density at radius 3 is 2.42 bits per heavy atom. The van der Waals surface area contributed by atoms with Gasteiger partial charge in [0, 0.05) is 17.8 Å². The molecule has 1 aromatic rings. The molecular weight excluding hydrogens is 315 g/mol. The molecule has 1 fully saturated rings. The molecule has 0 saturated carbocycles. The maximum Gasteiger partial charge on any atom is 0.416 e. The van der Waals surface area contributed by atoms with Gasteiger partial charge in [-0.25, -0.2) is 0 Å². The van der Waals surface area contributed by atoms with E-state index in [4.69, 9.17) is 0 Å². The van der Waals surface area contributed by atoms with Crippen LogP contribution in [0, 0.1) is 5.92 Å². The molecule has 1 saturated heterocycles. The molecule has 1 aliphatic heterocycles. The molecule has 1 heterocycles. The minimum absolute atomic E-state index is 0.289. The first-order valence-electron chi connectivity index (χ1n) is 7.95. The first-order valence-corrected chi connectivity index (χ1v) is 7.95. The number of aliphatic imine (C=N–C) groups is 1. The zero-order chi connectivity index (χ0) is 17.6. The van der Waals surface area contributed by atoms with Gasteiger partial charge in [0.05, 0.1) is 17.0 Å². The van der Waals surface area contributed by atoms with E-state index in [-0.39, 0.29) is 5.92 Å². The number of alkyl halides is 3. The van der Waals surface area contributed by atoms with Crippen molar-refractivity contribution in [3.8, 4) is 0 Å². The highest BCUT2D eigenvalue weighted by molar-refractivity contribution is 6.04. The average molecular weight is 337 g/mol. The summed E-state index contributed by atoms with van der Waals surface area (Å²) in [5, 5.41) is 6.38. The number of anilines is 1. The summed E-state index contributed by atoms with van der Waals surface area (Å²) >= 11 is 0. The second-order valence-corrected chi connectivity index (χ2v) is 5.70. The average Bonchev–Trinajstić information content (AvgIpc) is 2.56. The molecule has 0 aliphatic carbocycles. The third kappa shape index (κ3) is 4.96. The lowest BCUT2D eigenvalue weighted by Gasteiger charge is -2.25.